The first-order valence-electron chi connectivity index (χ1n) is 7.60. The van der Waals surface area contributed by atoms with E-state index >= 15 is 0 Å². The molecular weight excluding hydrogens is 316 g/mol. The maximum atomic E-state index is 12.6. The van der Waals surface area contributed by atoms with Crippen LogP contribution in [0.5, 0.6) is 5.75 Å². The molecule has 1 aromatic rings. The standard InChI is InChI=1S/C16H16N2O4S/c19-12(10-1-2-13-11(7-10)3-5-22-13)8-18-14(20)16(17-15(18)21)4-6-23-9-16/h1-2,7H,3-6,8-9H2,(H,17,21)/t16-/m1/s1. The van der Waals surface area contributed by atoms with Gasteiger partial charge in [0.15, 0.2) is 5.78 Å². The van der Waals surface area contributed by atoms with Crippen molar-refractivity contribution in [3.8, 4) is 5.75 Å². The van der Waals surface area contributed by atoms with Crippen LogP contribution < -0.4 is 10.1 Å². The Balaban J connectivity index is 1.52. The third kappa shape index (κ3) is 2.30. The lowest BCUT2D eigenvalue weighted by Crippen LogP contribution is -2.47. The van der Waals surface area contributed by atoms with Gasteiger partial charge in [0, 0.05) is 17.7 Å². The smallest absolute Gasteiger partial charge is 0.325 e. The third-order valence-corrected chi connectivity index (χ3v) is 5.77. The number of fused-ring (bicyclic) bond motifs is 1. The Morgan fingerprint density at radius 3 is 3.04 bits per heavy atom. The Labute approximate surface area is 137 Å². The summed E-state index contributed by atoms with van der Waals surface area (Å²) in [5, 5.41) is 2.77. The predicted octanol–water partition coefficient (Wildman–Crippen LogP) is 1.23. The van der Waals surface area contributed by atoms with Crippen molar-refractivity contribution < 1.29 is 19.1 Å². The van der Waals surface area contributed by atoms with Gasteiger partial charge in [0.2, 0.25) is 0 Å². The molecule has 4 rings (SSSR count). The lowest BCUT2D eigenvalue weighted by atomic mass is 9.99. The minimum atomic E-state index is -0.798. The summed E-state index contributed by atoms with van der Waals surface area (Å²) < 4.78 is 5.42. The molecule has 3 aliphatic heterocycles. The molecular formula is C16H16N2O4S. The van der Waals surface area contributed by atoms with Gasteiger partial charge >= 0.3 is 6.03 Å². The molecule has 0 bridgehead atoms. The van der Waals surface area contributed by atoms with Crippen LogP contribution in [-0.2, 0) is 11.2 Å². The minimum absolute atomic E-state index is 0.212. The highest BCUT2D eigenvalue weighted by Crippen LogP contribution is 2.33. The van der Waals surface area contributed by atoms with Crippen molar-refractivity contribution in [2.24, 2.45) is 0 Å². The molecule has 0 saturated carbocycles. The number of thioether (sulfide) groups is 1. The molecule has 2 fully saturated rings. The van der Waals surface area contributed by atoms with Crippen LogP contribution in [0.2, 0.25) is 0 Å². The zero-order valence-corrected chi connectivity index (χ0v) is 13.3. The number of nitrogens with zero attached hydrogens (tertiary/aromatic N) is 1. The van der Waals surface area contributed by atoms with E-state index in [1.807, 2.05) is 0 Å². The van der Waals surface area contributed by atoms with Crippen LogP contribution in [0.3, 0.4) is 0 Å². The number of Topliss-reactive ketones (excluding diaryl/α,β-unsaturated/α-hetero) is 1. The Kier molecular flexibility index (Phi) is 3.33. The van der Waals surface area contributed by atoms with Gasteiger partial charge in [0.25, 0.3) is 5.91 Å². The maximum Gasteiger partial charge on any atom is 0.325 e. The number of rotatable bonds is 3. The van der Waals surface area contributed by atoms with Crippen molar-refractivity contribution in [2.75, 3.05) is 24.7 Å². The number of benzene rings is 1. The minimum Gasteiger partial charge on any atom is -0.493 e. The van der Waals surface area contributed by atoms with Crippen molar-refractivity contribution in [3.05, 3.63) is 29.3 Å². The molecule has 1 aromatic carbocycles. The van der Waals surface area contributed by atoms with Gasteiger partial charge in [-0.1, -0.05) is 0 Å². The van der Waals surface area contributed by atoms with Gasteiger partial charge in [-0.2, -0.15) is 11.8 Å². The van der Waals surface area contributed by atoms with Crippen LogP contribution in [0, 0.1) is 0 Å². The second-order valence-electron chi connectivity index (χ2n) is 6.05. The number of hydrogen-bond acceptors (Lipinski definition) is 5. The van der Waals surface area contributed by atoms with E-state index in [2.05, 4.69) is 5.32 Å². The number of hydrogen-bond donors (Lipinski definition) is 1. The summed E-state index contributed by atoms with van der Waals surface area (Å²) in [4.78, 5) is 38.2. The molecule has 0 unspecified atom stereocenters. The molecule has 2 saturated heterocycles. The fourth-order valence-electron chi connectivity index (χ4n) is 3.25. The molecule has 3 heterocycles. The first-order valence-corrected chi connectivity index (χ1v) is 8.75. The summed E-state index contributed by atoms with van der Waals surface area (Å²) in [6.45, 7) is 0.414. The molecule has 0 radical (unpaired) electrons. The second-order valence-corrected chi connectivity index (χ2v) is 7.16. The van der Waals surface area contributed by atoms with Crippen LogP contribution in [0.4, 0.5) is 4.79 Å². The number of ether oxygens (including phenoxy) is 1. The molecule has 3 aliphatic rings. The van der Waals surface area contributed by atoms with Gasteiger partial charge in [-0.15, -0.1) is 0 Å². The van der Waals surface area contributed by atoms with Gasteiger partial charge in [-0.25, -0.2) is 4.79 Å². The van der Waals surface area contributed by atoms with Crippen molar-refractivity contribution in [1.82, 2.24) is 10.2 Å². The fourth-order valence-corrected chi connectivity index (χ4v) is 4.57. The molecule has 3 amide bonds. The normalized spacial score (nSPS) is 25.7. The second kappa shape index (κ2) is 5.26. The SMILES string of the molecule is O=C(CN1C(=O)N[C@@]2(CCSC2)C1=O)c1ccc2c(c1)CCO2. The molecule has 7 heteroatoms. The Morgan fingerprint density at radius 1 is 1.39 bits per heavy atom. The number of carbonyl (C=O) groups excluding carboxylic acids is 3. The highest BCUT2D eigenvalue weighted by atomic mass is 32.2. The Morgan fingerprint density at radius 2 is 2.26 bits per heavy atom. The van der Waals surface area contributed by atoms with Crippen LogP contribution in [-0.4, -0.2) is 52.8 Å². The van der Waals surface area contributed by atoms with E-state index in [0.29, 0.717) is 24.3 Å². The first-order chi connectivity index (χ1) is 11.1. The van der Waals surface area contributed by atoms with E-state index in [-0.39, 0.29) is 18.2 Å². The third-order valence-electron chi connectivity index (χ3n) is 4.58. The topological polar surface area (TPSA) is 75.7 Å². The zero-order valence-electron chi connectivity index (χ0n) is 12.5. The van der Waals surface area contributed by atoms with E-state index in [0.717, 1.165) is 28.4 Å². The quantitative estimate of drug-likeness (QED) is 0.666. The largest absolute Gasteiger partial charge is 0.493 e. The van der Waals surface area contributed by atoms with Crippen molar-refractivity contribution in [3.63, 3.8) is 0 Å². The van der Waals surface area contributed by atoms with E-state index in [4.69, 9.17) is 4.74 Å². The van der Waals surface area contributed by atoms with E-state index < -0.39 is 11.6 Å². The van der Waals surface area contributed by atoms with Crippen molar-refractivity contribution >= 4 is 29.5 Å². The summed E-state index contributed by atoms with van der Waals surface area (Å²) in [7, 11) is 0. The van der Waals surface area contributed by atoms with Crippen molar-refractivity contribution in [1.29, 1.82) is 0 Å². The number of amides is 3. The summed E-state index contributed by atoms with van der Waals surface area (Å²) >= 11 is 1.65. The van der Waals surface area contributed by atoms with Crippen LogP contribution >= 0.6 is 11.8 Å². The lowest BCUT2D eigenvalue weighted by Gasteiger charge is -2.19. The predicted molar refractivity (Wildman–Crippen MR) is 84.9 cm³/mol. The number of urea groups is 1. The van der Waals surface area contributed by atoms with Gasteiger partial charge in [-0.3, -0.25) is 14.5 Å². The number of ketones is 1. The van der Waals surface area contributed by atoms with E-state index in [1.165, 1.54) is 0 Å². The summed E-state index contributed by atoms with van der Waals surface area (Å²) in [5.41, 5.74) is 0.710. The molecule has 0 aromatic heterocycles. The monoisotopic (exact) mass is 332 g/mol. The van der Waals surface area contributed by atoms with Crippen molar-refractivity contribution in [2.45, 2.75) is 18.4 Å². The first kappa shape index (κ1) is 14.6. The number of imide groups is 1. The van der Waals surface area contributed by atoms with Gasteiger partial charge in [0.1, 0.15) is 11.3 Å². The van der Waals surface area contributed by atoms with Gasteiger partial charge < -0.3 is 10.1 Å². The average molecular weight is 332 g/mol. The molecule has 1 spiro atoms. The molecule has 1 atom stereocenters. The lowest BCUT2D eigenvalue weighted by molar-refractivity contribution is -0.130. The molecule has 6 nitrogen and oxygen atoms in total. The zero-order chi connectivity index (χ0) is 16.0. The van der Waals surface area contributed by atoms with Gasteiger partial charge in [0.05, 0.1) is 13.2 Å². The van der Waals surface area contributed by atoms with Crippen LogP contribution in [0.25, 0.3) is 0 Å². The Bertz CT molecular complexity index is 712. The maximum absolute atomic E-state index is 12.6. The van der Waals surface area contributed by atoms with E-state index in [1.54, 1.807) is 30.0 Å². The fraction of sp³-hybridized carbons (Fsp3) is 0.438. The molecule has 23 heavy (non-hydrogen) atoms. The Hall–Kier alpha value is -2.02. The van der Waals surface area contributed by atoms with Gasteiger partial charge in [-0.05, 0) is 35.9 Å². The molecule has 120 valence electrons. The van der Waals surface area contributed by atoms with E-state index in [9.17, 15) is 14.4 Å². The van der Waals surface area contributed by atoms with Crippen LogP contribution in [0.15, 0.2) is 18.2 Å². The number of nitrogens with one attached hydrogen (secondary N) is 1. The summed E-state index contributed by atoms with van der Waals surface area (Å²) in [5.74, 6) is 1.73. The molecule has 1 N–H and O–H groups in total. The number of carbonyl (C=O) groups is 3. The summed E-state index contributed by atoms with van der Waals surface area (Å²) in [6, 6.07) is 4.79. The highest BCUT2D eigenvalue weighted by molar-refractivity contribution is 7.99. The molecule has 0 aliphatic carbocycles. The highest BCUT2D eigenvalue weighted by Gasteiger charge is 2.53. The summed E-state index contributed by atoms with van der Waals surface area (Å²) in [6.07, 6.45) is 1.41. The average Bonchev–Trinajstić information content (AvgIpc) is 3.24. The van der Waals surface area contributed by atoms with Crippen LogP contribution in [0.1, 0.15) is 22.3 Å².